The summed E-state index contributed by atoms with van der Waals surface area (Å²) in [4.78, 5) is 25.5. The molecule has 2 N–H and O–H groups in total. The highest BCUT2D eigenvalue weighted by Gasteiger charge is 2.36. The zero-order valence-corrected chi connectivity index (χ0v) is 11.4. The summed E-state index contributed by atoms with van der Waals surface area (Å²) in [5.74, 6) is 0.291. The van der Waals surface area contributed by atoms with Gasteiger partial charge in [0.2, 0.25) is 0 Å². The summed E-state index contributed by atoms with van der Waals surface area (Å²) in [5.41, 5.74) is 7.01. The minimum absolute atomic E-state index is 0. The molecule has 1 heterocycles. The Morgan fingerprint density at radius 1 is 1.16 bits per heavy atom. The summed E-state index contributed by atoms with van der Waals surface area (Å²) >= 11 is 0. The number of hydrogen-bond donors (Lipinski definition) is 1. The Bertz CT molecular complexity index is 479. The van der Waals surface area contributed by atoms with E-state index >= 15 is 0 Å². The van der Waals surface area contributed by atoms with Crippen LogP contribution in [0.15, 0.2) is 24.3 Å². The fraction of sp³-hybridized carbons (Fsp3) is 0.429. The summed E-state index contributed by atoms with van der Waals surface area (Å²) < 4.78 is 0. The van der Waals surface area contributed by atoms with Crippen LogP contribution in [-0.2, 0) is 0 Å². The SMILES string of the molecule is Cl.N[C@H](CC1CC1)CN1C(=O)c2ccccc2C1=O. The van der Waals surface area contributed by atoms with Crippen molar-refractivity contribution in [1.29, 1.82) is 0 Å². The number of halogens is 1. The van der Waals surface area contributed by atoms with Crippen molar-refractivity contribution in [3.05, 3.63) is 35.4 Å². The van der Waals surface area contributed by atoms with Crippen molar-refractivity contribution in [2.75, 3.05) is 6.54 Å². The van der Waals surface area contributed by atoms with Crippen LogP contribution in [0.4, 0.5) is 0 Å². The maximum Gasteiger partial charge on any atom is 0.261 e. The van der Waals surface area contributed by atoms with Gasteiger partial charge in [-0.05, 0) is 24.5 Å². The summed E-state index contributed by atoms with van der Waals surface area (Å²) in [6.07, 6.45) is 3.37. The first-order valence-electron chi connectivity index (χ1n) is 6.37. The number of benzene rings is 1. The van der Waals surface area contributed by atoms with Gasteiger partial charge in [-0.25, -0.2) is 0 Å². The molecular weight excluding hydrogens is 264 g/mol. The van der Waals surface area contributed by atoms with Gasteiger partial charge in [-0.3, -0.25) is 14.5 Å². The number of carbonyl (C=O) groups excluding carboxylic acids is 2. The predicted octanol–water partition coefficient (Wildman–Crippen LogP) is 1.83. The van der Waals surface area contributed by atoms with Gasteiger partial charge in [0.15, 0.2) is 0 Å². The zero-order chi connectivity index (χ0) is 12.7. The van der Waals surface area contributed by atoms with Crippen molar-refractivity contribution in [3.8, 4) is 0 Å². The van der Waals surface area contributed by atoms with E-state index in [2.05, 4.69) is 0 Å². The Balaban J connectivity index is 0.00000133. The molecule has 5 heteroatoms. The maximum absolute atomic E-state index is 12.1. The number of nitrogens with zero attached hydrogens (tertiary/aromatic N) is 1. The van der Waals surface area contributed by atoms with Crippen LogP contribution in [0.3, 0.4) is 0 Å². The number of carbonyl (C=O) groups is 2. The first-order chi connectivity index (χ1) is 8.66. The van der Waals surface area contributed by atoms with E-state index in [0.717, 1.165) is 6.42 Å². The lowest BCUT2D eigenvalue weighted by Gasteiger charge is -2.18. The van der Waals surface area contributed by atoms with E-state index in [4.69, 9.17) is 5.73 Å². The van der Waals surface area contributed by atoms with Crippen molar-refractivity contribution in [2.45, 2.75) is 25.3 Å². The van der Waals surface area contributed by atoms with Gasteiger partial charge < -0.3 is 5.73 Å². The van der Waals surface area contributed by atoms with Gasteiger partial charge in [-0.1, -0.05) is 25.0 Å². The van der Waals surface area contributed by atoms with E-state index in [9.17, 15) is 9.59 Å². The molecule has 0 spiro atoms. The lowest BCUT2D eigenvalue weighted by Crippen LogP contribution is -2.41. The fourth-order valence-electron chi connectivity index (χ4n) is 2.50. The Morgan fingerprint density at radius 2 is 1.68 bits per heavy atom. The van der Waals surface area contributed by atoms with E-state index in [1.165, 1.54) is 17.7 Å². The second-order valence-electron chi connectivity index (χ2n) is 5.21. The van der Waals surface area contributed by atoms with Gasteiger partial charge in [0.05, 0.1) is 11.1 Å². The van der Waals surface area contributed by atoms with Gasteiger partial charge in [-0.15, -0.1) is 12.4 Å². The summed E-state index contributed by atoms with van der Waals surface area (Å²) in [6, 6.07) is 6.85. The maximum atomic E-state index is 12.1. The van der Waals surface area contributed by atoms with Crippen LogP contribution in [0.2, 0.25) is 0 Å². The lowest BCUT2D eigenvalue weighted by atomic mass is 10.1. The van der Waals surface area contributed by atoms with Crippen molar-refractivity contribution < 1.29 is 9.59 Å². The molecule has 1 fully saturated rings. The first kappa shape index (κ1) is 14.0. The Morgan fingerprint density at radius 3 is 2.16 bits per heavy atom. The van der Waals surface area contributed by atoms with Crippen LogP contribution in [0.25, 0.3) is 0 Å². The van der Waals surface area contributed by atoms with E-state index in [-0.39, 0.29) is 30.3 Å². The molecular formula is C14H17ClN2O2. The second kappa shape index (κ2) is 5.31. The van der Waals surface area contributed by atoms with Crippen LogP contribution in [0.5, 0.6) is 0 Å². The largest absolute Gasteiger partial charge is 0.326 e. The molecule has 102 valence electrons. The minimum Gasteiger partial charge on any atom is -0.326 e. The third kappa shape index (κ3) is 2.65. The topological polar surface area (TPSA) is 63.4 Å². The average molecular weight is 281 g/mol. The molecule has 0 radical (unpaired) electrons. The molecule has 1 saturated carbocycles. The third-order valence-electron chi connectivity index (χ3n) is 3.63. The molecule has 0 bridgehead atoms. The Hall–Kier alpha value is -1.39. The molecule has 1 aromatic rings. The molecule has 3 rings (SSSR count). The molecule has 0 saturated heterocycles. The highest BCUT2D eigenvalue weighted by atomic mass is 35.5. The van der Waals surface area contributed by atoms with Gasteiger partial charge in [-0.2, -0.15) is 0 Å². The van der Waals surface area contributed by atoms with Gasteiger partial charge in [0.1, 0.15) is 0 Å². The Labute approximate surface area is 118 Å². The molecule has 2 aliphatic rings. The van der Waals surface area contributed by atoms with Crippen LogP contribution >= 0.6 is 12.4 Å². The van der Waals surface area contributed by atoms with E-state index < -0.39 is 0 Å². The highest BCUT2D eigenvalue weighted by Crippen LogP contribution is 2.33. The van der Waals surface area contributed by atoms with Crippen LogP contribution in [0.1, 0.15) is 40.0 Å². The molecule has 1 atom stereocenters. The Kier molecular flexibility index (Phi) is 3.92. The summed E-state index contributed by atoms with van der Waals surface area (Å²) in [6.45, 7) is 0.336. The molecule has 4 nitrogen and oxygen atoms in total. The normalized spacial score (nSPS) is 19.1. The number of rotatable bonds is 4. The highest BCUT2D eigenvalue weighted by molar-refractivity contribution is 6.21. The number of hydrogen-bond acceptors (Lipinski definition) is 3. The molecule has 19 heavy (non-hydrogen) atoms. The van der Waals surface area contributed by atoms with Crippen LogP contribution < -0.4 is 5.73 Å². The molecule has 0 unspecified atom stereocenters. The third-order valence-corrected chi connectivity index (χ3v) is 3.63. The molecule has 1 aliphatic heterocycles. The van der Waals surface area contributed by atoms with Crippen molar-refractivity contribution in [2.24, 2.45) is 11.7 Å². The van der Waals surface area contributed by atoms with Crippen molar-refractivity contribution in [3.63, 3.8) is 0 Å². The second-order valence-corrected chi connectivity index (χ2v) is 5.21. The van der Waals surface area contributed by atoms with E-state index in [0.29, 0.717) is 23.6 Å². The van der Waals surface area contributed by atoms with Crippen LogP contribution in [-0.4, -0.2) is 29.3 Å². The zero-order valence-electron chi connectivity index (χ0n) is 10.5. The minimum atomic E-state index is -0.207. The monoisotopic (exact) mass is 280 g/mol. The number of fused-ring (bicyclic) bond motifs is 1. The van der Waals surface area contributed by atoms with Gasteiger partial charge in [0.25, 0.3) is 11.8 Å². The fourth-order valence-corrected chi connectivity index (χ4v) is 2.50. The molecule has 2 amide bonds. The van der Waals surface area contributed by atoms with Crippen molar-refractivity contribution in [1.82, 2.24) is 4.90 Å². The smallest absolute Gasteiger partial charge is 0.261 e. The summed E-state index contributed by atoms with van der Waals surface area (Å²) in [5, 5.41) is 0. The van der Waals surface area contributed by atoms with E-state index in [1.807, 2.05) is 0 Å². The molecule has 0 aromatic heterocycles. The first-order valence-corrected chi connectivity index (χ1v) is 6.37. The van der Waals surface area contributed by atoms with Crippen molar-refractivity contribution >= 4 is 24.2 Å². The van der Waals surface area contributed by atoms with E-state index in [1.54, 1.807) is 24.3 Å². The lowest BCUT2D eigenvalue weighted by molar-refractivity contribution is 0.0642. The number of nitrogens with two attached hydrogens (primary N) is 1. The summed E-state index contributed by atoms with van der Waals surface area (Å²) in [7, 11) is 0. The molecule has 1 aromatic carbocycles. The van der Waals surface area contributed by atoms with Crippen LogP contribution in [0, 0.1) is 5.92 Å². The predicted molar refractivity (Wildman–Crippen MR) is 74.4 cm³/mol. The number of amides is 2. The molecule has 1 aliphatic carbocycles. The van der Waals surface area contributed by atoms with Gasteiger partial charge >= 0.3 is 0 Å². The average Bonchev–Trinajstić information content (AvgIpc) is 3.14. The van der Waals surface area contributed by atoms with Gasteiger partial charge in [0, 0.05) is 12.6 Å². The number of imide groups is 1. The quantitative estimate of drug-likeness (QED) is 0.856. The standard InChI is InChI=1S/C14H16N2O2.ClH/c15-10(7-9-5-6-9)8-16-13(17)11-3-1-2-4-12(11)14(16)18;/h1-4,9-10H,5-8,15H2;1H/t10-;/m1./s1.